The van der Waals surface area contributed by atoms with E-state index in [-0.39, 0.29) is 17.7 Å². The summed E-state index contributed by atoms with van der Waals surface area (Å²) in [4.78, 5) is 23.2. The summed E-state index contributed by atoms with van der Waals surface area (Å²) in [6.07, 6.45) is -0.107. The summed E-state index contributed by atoms with van der Waals surface area (Å²) < 4.78 is 1.56. The Morgan fingerprint density at radius 3 is 2.10 bits per heavy atom. The number of carboxylic acid groups (broad SMARTS) is 1. The standard InChI is InChI=1S/C14H17Br2NO3/c1-14(2,3)11(7-12(18)19)17-13(20)8-4-9(15)6-10(16)5-8/h4-6,11H,7H2,1-3H3,(H,17,20)(H,18,19). The van der Waals surface area contributed by atoms with Crippen LogP contribution in [0.25, 0.3) is 0 Å². The van der Waals surface area contributed by atoms with Crippen molar-refractivity contribution >= 4 is 43.7 Å². The molecule has 0 spiro atoms. The fraction of sp³-hybridized carbons (Fsp3) is 0.429. The van der Waals surface area contributed by atoms with Crippen LogP contribution in [0.4, 0.5) is 0 Å². The molecule has 110 valence electrons. The molecular formula is C14H17Br2NO3. The Labute approximate surface area is 135 Å². The lowest BCUT2D eigenvalue weighted by atomic mass is 9.84. The van der Waals surface area contributed by atoms with E-state index >= 15 is 0 Å². The van der Waals surface area contributed by atoms with Crippen molar-refractivity contribution in [2.45, 2.75) is 33.2 Å². The number of carbonyl (C=O) groups excluding carboxylic acids is 1. The topological polar surface area (TPSA) is 66.4 Å². The number of hydrogen-bond acceptors (Lipinski definition) is 2. The highest BCUT2D eigenvalue weighted by Gasteiger charge is 2.28. The van der Waals surface area contributed by atoms with Gasteiger partial charge in [0.05, 0.1) is 6.42 Å². The summed E-state index contributed by atoms with van der Waals surface area (Å²) >= 11 is 6.65. The van der Waals surface area contributed by atoms with Gasteiger partial charge in [0.2, 0.25) is 0 Å². The van der Waals surface area contributed by atoms with Gasteiger partial charge in [-0.15, -0.1) is 0 Å². The summed E-state index contributed by atoms with van der Waals surface area (Å²) in [5.41, 5.74) is 0.142. The molecule has 0 aliphatic heterocycles. The monoisotopic (exact) mass is 405 g/mol. The van der Waals surface area contributed by atoms with Crippen molar-refractivity contribution in [3.63, 3.8) is 0 Å². The van der Waals surface area contributed by atoms with Gasteiger partial charge in [0.15, 0.2) is 0 Å². The molecule has 2 N–H and O–H groups in total. The fourth-order valence-corrected chi connectivity index (χ4v) is 2.97. The molecule has 1 unspecified atom stereocenters. The van der Waals surface area contributed by atoms with Gasteiger partial charge in [0.25, 0.3) is 5.91 Å². The number of hydrogen-bond donors (Lipinski definition) is 2. The molecule has 20 heavy (non-hydrogen) atoms. The molecule has 0 saturated heterocycles. The Balaban J connectivity index is 2.93. The molecule has 0 radical (unpaired) electrons. The van der Waals surface area contributed by atoms with E-state index in [0.717, 1.165) is 8.95 Å². The molecule has 6 heteroatoms. The van der Waals surface area contributed by atoms with Gasteiger partial charge in [-0.25, -0.2) is 0 Å². The number of benzene rings is 1. The largest absolute Gasteiger partial charge is 0.481 e. The minimum atomic E-state index is -0.930. The highest BCUT2D eigenvalue weighted by atomic mass is 79.9. The van der Waals surface area contributed by atoms with Crippen molar-refractivity contribution in [3.05, 3.63) is 32.7 Å². The maximum absolute atomic E-state index is 12.2. The number of carbonyl (C=O) groups is 2. The SMILES string of the molecule is CC(C)(C)C(CC(=O)O)NC(=O)c1cc(Br)cc(Br)c1. The molecule has 1 amide bonds. The number of aliphatic carboxylic acids is 1. The number of rotatable bonds is 4. The van der Waals surface area contributed by atoms with Crippen LogP contribution in [0, 0.1) is 5.41 Å². The first-order chi connectivity index (χ1) is 9.09. The Hall–Kier alpha value is -0.880. The molecule has 0 saturated carbocycles. The molecule has 0 fully saturated rings. The average molecular weight is 407 g/mol. The number of carboxylic acids is 1. The third-order valence-electron chi connectivity index (χ3n) is 2.85. The first-order valence-corrected chi connectivity index (χ1v) is 7.67. The molecule has 1 rings (SSSR count). The first kappa shape index (κ1) is 17.2. The van der Waals surface area contributed by atoms with E-state index in [1.54, 1.807) is 12.1 Å². The number of amides is 1. The van der Waals surface area contributed by atoms with E-state index in [9.17, 15) is 9.59 Å². The van der Waals surface area contributed by atoms with Gasteiger partial charge >= 0.3 is 5.97 Å². The van der Waals surface area contributed by atoms with Gasteiger partial charge in [-0.3, -0.25) is 9.59 Å². The Morgan fingerprint density at radius 1 is 1.20 bits per heavy atom. The number of nitrogens with one attached hydrogen (secondary N) is 1. The highest BCUT2D eigenvalue weighted by Crippen LogP contribution is 2.24. The lowest BCUT2D eigenvalue weighted by Gasteiger charge is -2.30. The number of halogens is 2. The highest BCUT2D eigenvalue weighted by molar-refractivity contribution is 9.11. The van der Waals surface area contributed by atoms with Crippen LogP contribution in [0.15, 0.2) is 27.1 Å². The van der Waals surface area contributed by atoms with E-state index in [2.05, 4.69) is 37.2 Å². The van der Waals surface area contributed by atoms with Crippen LogP contribution in [-0.2, 0) is 4.79 Å². The van der Waals surface area contributed by atoms with Gasteiger partial charge in [-0.2, -0.15) is 0 Å². The van der Waals surface area contributed by atoms with E-state index in [1.165, 1.54) is 0 Å². The van der Waals surface area contributed by atoms with Crippen LogP contribution in [-0.4, -0.2) is 23.0 Å². The van der Waals surface area contributed by atoms with Gasteiger partial charge in [0.1, 0.15) is 0 Å². The fourth-order valence-electron chi connectivity index (χ4n) is 1.67. The van der Waals surface area contributed by atoms with Crippen LogP contribution in [0.3, 0.4) is 0 Å². The van der Waals surface area contributed by atoms with Crippen LogP contribution < -0.4 is 5.32 Å². The third-order valence-corrected chi connectivity index (χ3v) is 3.77. The lowest BCUT2D eigenvalue weighted by molar-refractivity contribution is -0.138. The summed E-state index contributed by atoms with van der Waals surface area (Å²) in [7, 11) is 0. The van der Waals surface area contributed by atoms with E-state index in [1.807, 2.05) is 26.8 Å². The van der Waals surface area contributed by atoms with Crippen LogP contribution >= 0.6 is 31.9 Å². The van der Waals surface area contributed by atoms with Gasteiger partial charge in [-0.05, 0) is 23.6 Å². The molecule has 0 aromatic heterocycles. The lowest BCUT2D eigenvalue weighted by Crippen LogP contribution is -2.45. The van der Waals surface area contributed by atoms with E-state index < -0.39 is 12.0 Å². The second-order valence-electron chi connectivity index (χ2n) is 5.65. The Kier molecular flexibility index (Phi) is 5.77. The van der Waals surface area contributed by atoms with Gasteiger partial charge in [-0.1, -0.05) is 52.6 Å². The molecule has 0 heterocycles. The van der Waals surface area contributed by atoms with Crippen LogP contribution in [0.5, 0.6) is 0 Å². The van der Waals surface area contributed by atoms with Crippen molar-refractivity contribution in [2.75, 3.05) is 0 Å². The normalized spacial score (nSPS) is 12.8. The minimum Gasteiger partial charge on any atom is -0.481 e. The average Bonchev–Trinajstić information content (AvgIpc) is 2.24. The third kappa shape index (κ3) is 5.25. The van der Waals surface area contributed by atoms with E-state index in [0.29, 0.717) is 5.56 Å². The first-order valence-electron chi connectivity index (χ1n) is 6.08. The van der Waals surface area contributed by atoms with E-state index in [4.69, 9.17) is 5.11 Å². The summed E-state index contributed by atoms with van der Waals surface area (Å²) in [6.45, 7) is 5.70. The molecule has 0 aliphatic carbocycles. The maximum Gasteiger partial charge on any atom is 0.305 e. The molecule has 1 atom stereocenters. The van der Waals surface area contributed by atoms with Gasteiger partial charge in [0, 0.05) is 20.6 Å². The maximum atomic E-state index is 12.2. The second kappa shape index (κ2) is 6.72. The molecule has 0 aliphatic rings. The zero-order valence-electron chi connectivity index (χ0n) is 11.5. The zero-order chi connectivity index (χ0) is 15.5. The predicted molar refractivity (Wildman–Crippen MR) is 84.8 cm³/mol. The molecule has 1 aromatic rings. The van der Waals surface area contributed by atoms with Crippen molar-refractivity contribution in [3.8, 4) is 0 Å². The summed E-state index contributed by atoms with van der Waals surface area (Å²) in [5, 5.41) is 11.8. The predicted octanol–water partition coefficient (Wildman–Crippen LogP) is 3.83. The minimum absolute atomic E-state index is 0.107. The quantitative estimate of drug-likeness (QED) is 0.798. The Morgan fingerprint density at radius 2 is 1.70 bits per heavy atom. The molecule has 4 nitrogen and oxygen atoms in total. The van der Waals surface area contributed by atoms with Crippen molar-refractivity contribution in [1.82, 2.24) is 5.32 Å². The van der Waals surface area contributed by atoms with Crippen molar-refractivity contribution in [2.24, 2.45) is 5.41 Å². The molecule has 0 bridgehead atoms. The zero-order valence-corrected chi connectivity index (χ0v) is 14.7. The molecular weight excluding hydrogens is 390 g/mol. The van der Waals surface area contributed by atoms with Crippen LogP contribution in [0.2, 0.25) is 0 Å². The van der Waals surface area contributed by atoms with Crippen molar-refractivity contribution in [1.29, 1.82) is 0 Å². The van der Waals surface area contributed by atoms with Crippen LogP contribution in [0.1, 0.15) is 37.6 Å². The summed E-state index contributed by atoms with van der Waals surface area (Å²) in [6, 6.07) is 4.78. The smallest absolute Gasteiger partial charge is 0.305 e. The second-order valence-corrected chi connectivity index (χ2v) is 7.48. The van der Waals surface area contributed by atoms with Gasteiger partial charge < -0.3 is 10.4 Å². The summed E-state index contributed by atoms with van der Waals surface area (Å²) in [5.74, 6) is -1.21. The Bertz CT molecular complexity index is 503. The molecule has 1 aromatic carbocycles. The van der Waals surface area contributed by atoms with Crippen molar-refractivity contribution < 1.29 is 14.7 Å².